The van der Waals surface area contributed by atoms with E-state index in [0.29, 0.717) is 4.71 Å². The van der Waals surface area contributed by atoms with Gasteiger partial charge < -0.3 is 5.73 Å². The second kappa shape index (κ2) is 9.57. The van der Waals surface area contributed by atoms with Crippen molar-refractivity contribution in [1.29, 1.82) is 0 Å². The van der Waals surface area contributed by atoms with Gasteiger partial charge in [-0.2, -0.15) is 0 Å². The summed E-state index contributed by atoms with van der Waals surface area (Å²) in [7, 11) is 0. The summed E-state index contributed by atoms with van der Waals surface area (Å²) in [5.74, 6) is 0. The van der Waals surface area contributed by atoms with Crippen LogP contribution >= 0.6 is 23.5 Å². The fourth-order valence-electron chi connectivity index (χ4n) is 2.54. The van der Waals surface area contributed by atoms with E-state index in [-0.39, 0.29) is 0 Å². The van der Waals surface area contributed by atoms with E-state index in [4.69, 9.17) is 5.73 Å². The molecule has 0 aromatic carbocycles. The van der Waals surface area contributed by atoms with Crippen molar-refractivity contribution in [3.05, 3.63) is 0 Å². The summed E-state index contributed by atoms with van der Waals surface area (Å²) >= 11 is 4.07. The van der Waals surface area contributed by atoms with Crippen LogP contribution in [0.15, 0.2) is 0 Å². The first-order valence-corrected chi connectivity index (χ1v) is 9.21. The Hall–Kier alpha value is 0.660. The van der Waals surface area contributed by atoms with Gasteiger partial charge in [0, 0.05) is 10.5 Å². The van der Waals surface area contributed by atoms with Crippen LogP contribution in [0.5, 0.6) is 0 Å². The highest BCUT2D eigenvalue weighted by Gasteiger charge is 2.19. The average molecular weight is 276 g/mol. The Labute approximate surface area is 116 Å². The van der Waals surface area contributed by atoms with Crippen LogP contribution in [-0.4, -0.2) is 15.2 Å². The zero-order chi connectivity index (χ0) is 12.5. The van der Waals surface area contributed by atoms with Crippen molar-refractivity contribution in [2.75, 3.05) is 0 Å². The molecule has 0 bridgehead atoms. The van der Waals surface area contributed by atoms with Crippen molar-refractivity contribution in [2.24, 2.45) is 5.73 Å². The molecule has 0 aliphatic heterocycles. The van der Waals surface area contributed by atoms with Gasteiger partial charge in [-0.1, -0.05) is 46.0 Å². The first-order chi connectivity index (χ1) is 8.26. The van der Waals surface area contributed by atoms with Crippen LogP contribution in [-0.2, 0) is 0 Å². The summed E-state index contributed by atoms with van der Waals surface area (Å²) in [6.07, 6.45) is 12.3. The molecule has 0 saturated heterocycles. The Kier molecular flexibility index (Phi) is 8.85. The molecule has 0 aromatic rings. The van der Waals surface area contributed by atoms with Crippen LogP contribution in [0, 0.1) is 0 Å². The highest BCUT2D eigenvalue weighted by molar-refractivity contribution is 8.17. The molecule has 1 rings (SSSR count). The molecule has 1 unspecified atom stereocenters. The fraction of sp³-hybridized carbons (Fsp3) is 1.00. The third-order valence-electron chi connectivity index (χ3n) is 3.43. The SMILES string of the molecule is CCCC(CCC)SC(N)SC1CCCCC1. The number of hydrogen-bond acceptors (Lipinski definition) is 3. The van der Waals surface area contributed by atoms with Crippen molar-refractivity contribution >= 4 is 23.5 Å². The van der Waals surface area contributed by atoms with Gasteiger partial charge in [-0.15, -0.1) is 23.5 Å². The van der Waals surface area contributed by atoms with E-state index in [1.807, 2.05) is 23.5 Å². The molecule has 17 heavy (non-hydrogen) atoms. The Morgan fingerprint density at radius 1 is 1.06 bits per heavy atom. The monoisotopic (exact) mass is 275 g/mol. The van der Waals surface area contributed by atoms with Gasteiger partial charge in [0.2, 0.25) is 0 Å². The maximum Gasteiger partial charge on any atom is 0.0982 e. The highest BCUT2D eigenvalue weighted by atomic mass is 32.2. The molecule has 1 fully saturated rings. The average Bonchev–Trinajstić information content (AvgIpc) is 2.30. The minimum absolute atomic E-state index is 0.307. The zero-order valence-corrected chi connectivity index (χ0v) is 13.1. The number of rotatable bonds is 8. The lowest BCUT2D eigenvalue weighted by Gasteiger charge is -2.26. The largest absolute Gasteiger partial charge is 0.311 e. The maximum atomic E-state index is 6.29. The van der Waals surface area contributed by atoms with Crippen molar-refractivity contribution < 1.29 is 0 Å². The second-order valence-corrected chi connectivity index (χ2v) is 8.29. The zero-order valence-electron chi connectivity index (χ0n) is 11.5. The summed E-state index contributed by atoms with van der Waals surface area (Å²) in [5.41, 5.74) is 6.29. The standard InChI is InChI=1S/C14H29NS2/c1-3-8-12(9-4-2)16-14(15)17-13-10-6-5-7-11-13/h12-14H,3-11,15H2,1-2H3. The van der Waals surface area contributed by atoms with Gasteiger partial charge in [-0.05, 0) is 25.7 Å². The summed E-state index contributed by atoms with van der Waals surface area (Å²) in [4.78, 5) is 0. The van der Waals surface area contributed by atoms with Crippen LogP contribution in [0.3, 0.4) is 0 Å². The lowest BCUT2D eigenvalue weighted by atomic mass is 10.0. The summed E-state index contributed by atoms with van der Waals surface area (Å²) in [6, 6.07) is 0. The normalized spacial score (nSPS) is 19.8. The minimum Gasteiger partial charge on any atom is -0.311 e. The number of nitrogens with two attached hydrogens (primary N) is 1. The van der Waals surface area contributed by atoms with E-state index in [2.05, 4.69) is 13.8 Å². The summed E-state index contributed by atoms with van der Waals surface area (Å²) in [5, 5.41) is 1.63. The molecular formula is C14H29NS2. The van der Waals surface area contributed by atoms with E-state index in [1.165, 1.54) is 57.8 Å². The molecule has 1 saturated carbocycles. The molecule has 2 N–H and O–H groups in total. The van der Waals surface area contributed by atoms with Gasteiger partial charge in [-0.3, -0.25) is 0 Å². The molecule has 1 aliphatic carbocycles. The maximum absolute atomic E-state index is 6.29. The predicted octanol–water partition coefficient (Wildman–Crippen LogP) is 5.00. The van der Waals surface area contributed by atoms with Crippen LogP contribution in [0.2, 0.25) is 0 Å². The molecule has 0 aromatic heterocycles. The van der Waals surface area contributed by atoms with Gasteiger partial charge in [0.25, 0.3) is 0 Å². The number of thioether (sulfide) groups is 2. The molecule has 1 atom stereocenters. The topological polar surface area (TPSA) is 26.0 Å². The van der Waals surface area contributed by atoms with E-state index < -0.39 is 0 Å². The Morgan fingerprint density at radius 2 is 1.65 bits per heavy atom. The second-order valence-electron chi connectivity index (χ2n) is 5.10. The summed E-state index contributed by atoms with van der Waals surface area (Å²) < 4.78 is 0.307. The number of hydrogen-bond donors (Lipinski definition) is 1. The predicted molar refractivity (Wildman–Crippen MR) is 83.6 cm³/mol. The van der Waals surface area contributed by atoms with Gasteiger partial charge in [-0.25, -0.2) is 0 Å². The molecule has 1 aliphatic rings. The fourth-order valence-corrected chi connectivity index (χ4v) is 5.84. The Bertz CT molecular complexity index is 175. The van der Waals surface area contributed by atoms with Gasteiger partial charge in [0.05, 0.1) is 4.71 Å². The molecule has 0 amide bonds. The highest BCUT2D eigenvalue weighted by Crippen LogP contribution is 2.36. The van der Waals surface area contributed by atoms with Gasteiger partial charge >= 0.3 is 0 Å². The van der Waals surface area contributed by atoms with E-state index in [9.17, 15) is 0 Å². The Balaban J connectivity index is 2.22. The molecule has 102 valence electrons. The smallest absolute Gasteiger partial charge is 0.0982 e. The van der Waals surface area contributed by atoms with Gasteiger partial charge in [0.15, 0.2) is 0 Å². The lowest BCUT2D eigenvalue weighted by molar-refractivity contribution is 0.516. The molecule has 0 heterocycles. The minimum atomic E-state index is 0.307. The van der Waals surface area contributed by atoms with Crippen molar-refractivity contribution in [3.8, 4) is 0 Å². The molecule has 3 heteroatoms. The molecule has 0 spiro atoms. The first kappa shape index (κ1) is 15.7. The van der Waals surface area contributed by atoms with Crippen LogP contribution in [0.25, 0.3) is 0 Å². The molecular weight excluding hydrogens is 246 g/mol. The third-order valence-corrected chi connectivity index (χ3v) is 6.34. The van der Waals surface area contributed by atoms with E-state index in [1.54, 1.807) is 0 Å². The first-order valence-electron chi connectivity index (χ1n) is 7.32. The summed E-state index contributed by atoms with van der Waals surface area (Å²) in [6.45, 7) is 4.56. The third kappa shape index (κ3) is 6.97. The Morgan fingerprint density at radius 3 is 2.18 bits per heavy atom. The van der Waals surface area contributed by atoms with Crippen molar-refractivity contribution in [1.82, 2.24) is 0 Å². The van der Waals surface area contributed by atoms with Crippen LogP contribution < -0.4 is 5.73 Å². The molecule has 1 nitrogen and oxygen atoms in total. The van der Waals surface area contributed by atoms with Gasteiger partial charge in [0.1, 0.15) is 0 Å². The lowest BCUT2D eigenvalue weighted by Crippen LogP contribution is -2.21. The van der Waals surface area contributed by atoms with E-state index >= 15 is 0 Å². The van der Waals surface area contributed by atoms with E-state index in [0.717, 1.165) is 10.5 Å². The van der Waals surface area contributed by atoms with Crippen LogP contribution in [0.1, 0.15) is 71.6 Å². The molecule has 0 radical (unpaired) electrons. The van der Waals surface area contributed by atoms with Crippen molar-refractivity contribution in [2.45, 2.75) is 86.8 Å². The van der Waals surface area contributed by atoms with Crippen LogP contribution in [0.4, 0.5) is 0 Å². The van der Waals surface area contributed by atoms with Crippen molar-refractivity contribution in [3.63, 3.8) is 0 Å². The quantitative estimate of drug-likeness (QED) is 0.632.